The molecule has 0 aliphatic rings. The Balaban J connectivity index is 2.01. The zero-order valence-electron chi connectivity index (χ0n) is 11.0. The summed E-state index contributed by atoms with van der Waals surface area (Å²) in [5.74, 6) is -0.907. The van der Waals surface area contributed by atoms with Gasteiger partial charge in [0.2, 0.25) is 0 Å². The highest BCUT2D eigenvalue weighted by Gasteiger charge is 2.05. The van der Waals surface area contributed by atoms with E-state index in [4.69, 9.17) is 5.11 Å². The predicted octanol–water partition coefficient (Wildman–Crippen LogP) is 3.56. The van der Waals surface area contributed by atoms with Crippen molar-refractivity contribution in [2.45, 2.75) is 6.42 Å². The van der Waals surface area contributed by atoms with E-state index >= 15 is 0 Å². The van der Waals surface area contributed by atoms with E-state index in [1.54, 1.807) is 30.3 Å². The van der Waals surface area contributed by atoms with Crippen LogP contribution in [0.25, 0.3) is 0 Å². The van der Waals surface area contributed by atoms with Gasteiger partial charge in [-0.25, -0.2) is 4.79 Å². The predicted molar refractivity (Wildman–Crippen MR) is 89.6 cm³/mol. The average molecular weight is 396 g/mol. The standard InChI is InChI=1S/C15H13IN2O3/c16-11-4-2-6-13(9-11)18-15(21)17-12-5-1-3-10(7-12)8-14(19)20/h1-7,9H,8H2,(H,19,20)(H2,17,18,21). The summed E-state index contributed by atoms with van der Waals surface area (Å²) in [6.07, 6.45) is -0.0754. The highest BCUT2D eigenvalue weighted by atomic mass is 127. The number of nitrogens with one attached hydrogen (secondary N) is 2. The number of benzene rings is 2. The van der Waals surface area contributed by atoms with Crippen LogP contribution in [0.4, 0.5) is 16.2 Å². The number of hydrogen-bond donors (Lipinski definition) is 3. The van der Waals surface area contributed by atoms with Gasteiger partial charge in [0, 0.05) is 14.9 Å². The lowest BCUT2D eigenvalue weighted by atomic mass is 10.1. The molecule has 2 rings (SSSR count). The molecule has 0 atom stereocenters. The van der Waals surface area contributed by atoms with Crippen molar-refractivity contribution >= 4 is 46.0 Å². The van der Waals surface area contributed by atoms with Gasteiger partial charge in [-0.2, -0.15) is 0 Å². The van der Waals surface area contributed by atoms with Crippen molar-refractivity contribution in [1.29, 1.82) is 0 Å². The first-order chi connectivity index (χ1) is 10.0. The van der Waals surface area contributed by atoms with Crippen LogP contribution in [-0.4, -0.2) is 17.1 Å². The van der Waals surface area contributed by atoms with Crippen LogP contribution in [0.5, 0.6) is 0 Å². The van der Waals surface area contributed by atoms with E-state index in [1.165, 1.54) is 0 Å². The van der Waals surface area contributed by atoms with Crippen molar-refractivity contribution in [3.05, 3.63) is 57.7 Å². The van der Waals surface area contributed by atoms with Crippen LogP contribution < -0.4 is 10.6 Å². The normalized spacial score (nSPS) is 9.95. The highest BCUT2D eigenvalue weighted by Crippen LogP contribution is 2.14. The van der Waals surface area contributed by atoms with Crippen LogP contribution in [-0.2, 0) is 11.2 Å². The third kappa shape index (κ3) is 5.07. The Morgan fingerprint density at radius 1 is 1.00 bits per heavy atom. The molecule has 0 spiro atoms. The Morgan fingerprint density at radius 3 is 2.24 bits per heavy atom. The van der Waals surface area contributed by atoms with Gasteiger partial charge < -0.3 is 15.7 Å². The van der Waals surface area contributed by atoms with Crippen molar-refractivity contribution < 1.29 is 14.7 Å². The van der Waals surface area contributed by atoms with Crippen LogP contribution >= 0.6 is 22.6 Å². The number of rotatable bonds is 4. The summed E-state index contributed by atoms with van der Waals surface area (Å²) in [5.41, 5.74) is 1.88. The van der Waals surface area contributed by atoms with Gasteiger partial charge in [-0.15, -0.1) is 0 Å². The van der Waals surface area contributed by atoms with E-state index in [0.717, 1.165) is 3.57 Å². The SMILES string of the molecule is O=C(O)Cc1cccc(NC(=O)Nc2cccc(I)c2)c1. The Morgan fingerprint density at radius 2 is 1.62 bits per heavy atom. The van der Waals surface area contributed by atoms with Crippen LogP contribution in [0, 0.1) is 3.57 Å². The lowest BCUT2D eigenvalue weighted by Crippen LogP contribution is -2.19. The van der Waals surface area contributed by atoms with Crippen molar-refractivity contribution in [1.82, 2.24) is 0 Å². The second-order valence-electron chi connectivity index (χ2n) is 4.36. The summed E-state index contributed by atoms with van der Waals surface area (Å²) in [6.45, 7) is 0. The second kappa shape index (κ2) is 7.07. The number of amides is 2. The number of hydrogen-bond acceptors (Lipinski definition) is 2. The largest absolute Gasteiger partial charge is 0.481 e. The Labute approximate surface area is 135 Å². The fourth-order valence-corrected chi connectivity index (χ4v) is 2.34. The lowest BCUT2D eigenvalue weighted by Gasteiger charge is -2.09. The molecule has 3 N–H and O–H groups in total. The minimum atomic E-state index is -0.907. The van der Waals surface area contributed by atoms with Gasteiger partial charge in [-0.05, 0) is 58.5 Å². The van der Waals surface area contributed by atoms with E-state index in [2.05, 4.69) is 33.2 Å². The number of carboxylic acid groups (broad SMARTS) is 1. The summed E-state index contributed by atoms with van der Waals surface area (Å²) in [5, 5.41) is 14.2. The van der Waals surface area contributed by atoms with Crippen molar-refractivity contribution in [2.75, 3.05) is 10.6 Å². The molecule has 2 aromatic carbocycles. The first kappa shape index (κ1) is 15.3. The molecule has 108 valence electrons. The average Bonchev–Trinajstić information content (AvgIpc) is 2.37. The maximum Gasteiger partial charge on any atom is 0.323 e. The minimum Gasteiger partial charge on any atom is -0.481 e. The smallest absolute Gasteiger partial charge is 0.323 e. The zero-order chi connectivity index (χ0) is 15.2. The topological polar surface area (TPSA) is 78.4 Å². The van der Waals surface area contributed by atoms with Gasteiger partial charge in [-0.3, -0.25) is 4.79 Å². The van der Waals surface area contributed by atoms with Crippen LogP contribution in [0.1, 0.15) is 5.56 Å². The van der Waals surface area contributed by atoms with E-state index < -0.39 is 5.97 Å². The number of carbonyl (C=O) groups is 2. The molecule has 0 aliphatic heterocycles. The van der Waals surface area contributed by atoms with Crippen LogP contribution in [0.15, 0.2) is 48.5 Å². The number of halogens is 1. The van der Waals surface area contributed by atoms with Crippen molar-refractivity contribution in [3.63, 3.8) is 0 Å². The van der Waals surface area contributed by atoms with Gasteiger partial charge in [0.15, 0.2) is 0 Å². The molecule has 5 nitrogen and oxygen atoms in total. The maximum atomic E-state index is 11.9. The summed E-state index contributed by atoms with van der Waals surface area (Å²) >= 11 is 2.16. The van der Waals surface area contributed by atoms with E-state index in [9.17, 15) is 9.59 Å². The molecule has 0 aromatic heterocycles. The van der Waals surface area contributed by atoms with E-state index in [-0.39, 0.29) is 12.5 Å². The minimum absolute atomic E-state index is 0.0754. The number of anilines is 2. The molecule has 0 unspecified atom stereocenters. The van der Waals surface area contributed by atoms with Gasteiger partial charge in [0.25, 0.3) is 0 Å². The molecule has 21 heavy (non-hydrogen) atoms. The second-order valence-corrected chi connectivity index (χ2v) is 5.61. The van der Waals surface area contributed by atoms with Gasteiger partial charge in [0.05, 0.1) is 6.42 Å². The third-order valence-electron chi connectivity index (χ3n) is 2.62. The Hall–Kier alpha value is -2.09. The Bertz CT molecular complexity index is 673. The molecule has 0 radical (unpaired) electrons. The first-order valence-electron chi connectivity index (χ1n) is 6.17. The monoisotopic (exact) mass is 396 g/mol. The van der Waals surface area contributed by atoms with E-state index in [1.807, 2.05) is 18.2 Å². The molecule has 2 amide bonds. The molecule has 0 aliphatic carbocycles. The number of urea groups is 1. The zero-order valence-corrected chi connectivity index (χ0v) is 13.1. The van der Waals surface area contributed by atoms with Gasteiger partial charge in [-0.1, -0.05) is 18.2 Å². The molecular weight excluding hydrogens is 383 g/mol. The lowest BCUT2D eigenvalue weighted by molar-refractivity contribution is -0.136. The summed E-state index contributed by atoms with van der Waals surface area (Å²) in [4.78, 5) is 22.6. The van der Waals surface area contributed by atoms with Crippen LogP contribution in [0.3, 0.4) is 0 Å². The number of carbonyl (C=O) groups excluding carboxylic acids is 1. The number of aliphatic carboxylic acids is 1. The van der Waals surface area contributed by atoms with E-state index in [0.29, 0.717) is 16.9 Å². The van der Waals surface area contributed by atoms with Crippen LogP contribution in [0.2, 0.25) is 0 Å². The summed E-state index contributed by atoms with van der Waals surface area (Å²) in [6, 6.07) is 13.8. The molecule has 0 bridgehead atoms. The fraction of sp³-hybridized carbons (Fsp3) is 0.0667. The molecule has 6 heteroatoms. The fourth-order valence-electron chi connectivity index (χ4n) is 1.79. The molecule has 0 saturated carbocycles. The maximum absolute atomic E-state index is 11.9. The van der Waals surface area contributed by atoms with Gasteiger partial charge >= 0.3 is 12.0 Å². The quantitative estimate of drug-likeness (QED) is 0.692. The van der Waals surface area contributed by atoms with Gasteiger partial charge in [0.1, 0.15) is 0 Å². The molecular formula is C15H13IN2O3. The van der Waals surface area contributed by atoms with Crippen molar-refractivity contribution in [3.8, 4) is 0 Å². The Kier molecular flexibility index (Phi) is 5.15. The molecule has 0 fully saturated rings. The van der Waals surface area contributed by atoms with Crippen molar-refractivity contribution in [2.24, 2.45) is 0 Å². The first-order valence-corrected chi connectivity index (χ1v) is 7.25. The summed E-state index contributed by atoms with van der Waals surface area (Å²) in [7, 11) is 0. The molecule has 2 aromatic rings. The third-order valence-corrected chi connectivity index (χ3v) is 3.29. The number of carboxylic acids is 1. The summed E-state index contributed by atoms with van der Waals surface area (Å²) < 4.78 is 1.02. The molecule has 0 heterocycles. The highest BCUT2D eigenvalue weighted by molar-refractivity contribution is 14.1. The molecule has 0 saturated heterocycles.